The second kappa shape index (κ2) is 8.07. The predicted molar refractivity (Wildman–Crippen MR) is 120 cm³/mol. The summed E-state index contributed by atoms with van der Waals surface area (Å²) in [4.78, 5) is 4.58. The van der Waals surface area contributed by atoms with Crippen LogP contribution in [0.25, 0.3) is 33.7 Å². The zero-order valence-electron chi connectivity index (χ0n) is 17.4. The van der Waals surface area contributed by atoms with E-state index in [0.717, 1.165) is 33.3 Å². The van der Waals surface area contributed by atoms with Gasteiger partial charge in [0.25, 0.3) is 5.89 Å². The Bertz CT molecular complexity index is 1300. The van der Waals surface area contributed by atoms with Gasteiger partial charge in [0.1, 0.15) is 12.4 Å². The second-order valence-electron chi connectivity index (χ2n) is 7.68. The molecule has 2 aromatic heterocycles. The summed E-state index contributed by atoms with van der Waals surface area (Å²) in [5.74, 6) is 1.82. The van der Waals surface area contributed by atoms with Crippen LogP contribution in [0.4, 0.5) is 0 Å². The van der Waals surface area contributed by atoms with Crippen molar-refractivity contribution in [3.8, 4) is 28.6 Å². The molecule has 0 spiro atoms. The van der Waals surface area contributed by atoms with E-state index in [-0.39, 0.29) is 0 Å². The van der Waals surface area contributed by atoms with Crippen molar-refractivity contribution >= 4 is 10.9 Å². The highest BCUT2D eigenvalue weighted by Gasteiger charge is 2.13. The van der Waals surface area contributed by atoms with Crippen LogP contribution in [0.1, 0.15) is 25.5 Å². The van der Waals surface area contributed by atoms with Crippen LogP contribution in [0.5, 0.6) is 5.75 Å². The van der Waals surface area contributed by atoms with Gasteiger partial charge in [-0.2, -0.15) is 10.1 Å². The number of hydrogen-bond acceptors (Lipinski definition) is 5. The minimum atomic E-state index is 0.304. The van der Waals surface area contributed by atoms with Crippen LogP contribution < -0.4 is 4.74 Å². The number of aromatic nitrogens is 4. The average Bonchev–Trinajstić information content (AvgIpc) is 3.46. The van der Waals surface area contributed by atoms with Gasteiger partial charge in [0.2, 0.25) is 5.82 Å². The van der Waals surface area contributed by atoms with E-state index in [1.54, 1.807) is 0 Å². The summed E-state index contributed by atoms with van der Waals surface area (Å²) >= 11 is 0. The first-order valence-electron chi connectivity index (χ1n) is 10.3. The van der Waals surface area contributed by atoms with Crippen LogP contribution in [-0.4, -0.2) is 19.9 Å². The number of rotatable bonds is 6. The Hall–Kier alpha value is -3.93. The van der Waals surface area contributed by atoms with Gasteiger partial charge in [0.15, 0.2) is 0 Å². The highest BCUT2D eigenvalue weighted by molar-refractivity contribution is 5.83. The molecule has 0 aliphatic heterocycles. The highest BCUT2D eigenvalue weighted by Crippen LogP contribution is 2.27. The molecular formula is C25H22N4O2. The minimum absolute atomic E-state index is 0.304. The molecule has 0 amide bonds. The number of fused-ring (bicyclic) bond motifs is 1. The van der Waals surface area contributed by atoms with Gasteiger partial charge in [-0.15, -0.1) is 0 Å². The number of nitrogens with zero attached hydrogens (tertiary/aromatic N) is 4. The maximum atomic E-state index is 5.84. The van der Waals surface area contributed by atoms with Crippen LogP contribution in [0.2, 0.25) is 0 Å². The Kier molecular flexibility index (Phi) is 4.96. The molecule has 3 aromatic carbocycles. The lowest BCUT2D eigenvalue weighted by atomic mass is 10.1. The summed E-state index contributed by atoms with van der Waals surface area (Å²) in [6, 6.07) is 24.2. The first-order chi connectivity index (χ1) is 15.2. The highest BCUT2D eigenvalue weighted by atomic mass is 16.5. The third kappa shape index (κ3) is 3.92. The van der Waals surface area contributed by atoms with Gasteiger partial charge in [-0.05, 0) is 61.9 Å². The fourth-order valence-corrected chi connectivity index (χ4v) is 3.50. The third-order valence-corrected chi connectivity index (χ3v) is 5.12. The van der Waals surface area contributed by atoms with E-state index >= 15 is 0 Å². The summed E-state index contributed by atoms with van der Waals surface area (Å²) in [7, 11) is 0. The first-order valence-corrected chi connectivity index (χ1v) is 10.3. The van der Waals surface area contributed by atoms with Crippen molar-refractivity contribution in [2.45, 2.75) is 26.5 Å². The van der Waals surface area contributed by atoms with Crippen LogP contribution >= 0.6 is 0 Å². The molecule has 0 aliphatic rings. The van der Waals surface area contributed by atoms with Gasteiger partial charge >= 0.3 is 0 Å². The van der Waals surface area contributed by atoms with Gasteiger partial charge < -0.3 is 9.26 Å². The Morgan fingerprint density at radius 3 is 2.48 bits per heavy atom. The molecule has 0 atom stereocenters. The van der Waals surface area contributed by atoms with Crippen LogP contribution in [0, 0.1) is 0 Å². The monoisotopic (exact) mass is 410 g/mol. The third-order valence-electron chi connectivity index (χ3n) is 5.12. The van der Waals surface area contributed by atoms with Crippen LogP contribution in [-0.2, 0) is 6.61 Å². The smallest absolute Gasteiger partial charge is 0.258 e. The Morgan fingerprint density at radius 1 is 0.935 bits per heavy atom. The molecule has 31 heavy (non-hydrogen) atoms. The Labute approximate surface area is 180 Å². The fourth-order valence-electron chi connectivity index (χ4n) is 3.50. The molecule has 0 aliphatic carbocycles. The molecule has 6 heteroatoms. The van der Waals surface area contributed by atoms with Crippen molar-refractivity contribution < 1.29 is 9.26 Å². The van der Waals surface area contributed by atoms with Crippen molar-refractivity contribution in [1.82, 2.24) is 19.9 Å². The molecule has 0 N–H and O–H groups in total. The van der Waals surface area contributed by atoms with Crippen molar-refractivity contribution in [3.05, 3.63) is 84.6 Å². The zero-order chi connectivity index (χ0) is 21.2. The molecule has 2 heterocycles. The lowest BCUT2D eigenvalue weighted by Crippen LogP contribution is -2.01. The van der Waals surface area contributed by atoms with E-state index < -0.39 is 0 Å². The fraction of sp³-hybridized carbons (Fsp3) is 0.160. The Balaban J connectivity index is 1.32. The summed E-state index contributed by atoms with van der Waals surface area (Å²) in [6.45, 7) is 4.76. The summed E-state index contributed by atoms with van der Waals surface area (Å²) in [6.07, 6.45) is 1.87. The normalized spacial score (nSPS) is 11.3. The largest absolute Gasteiger partial charge is 0.489 e. The molecule has 0 bridgehead atoms. The van der Waals surface area contributed by atoms with E-state index in [1.807, 2.05) is 83.7 Å². The molecule has 6 nitrogen and oxygen atoms in total. The first kappa shape index (κ1) is 19.1. The van der Waals surface area contributed by atoms with Gasteiger partial charge in [-0.25, -0.2) is 0 Å². The van der Waals surface area contributed by atoms with E-state index in [0.29, 0.717) is 24.4 Å². The van der Waals surface area contributed by atoms with Gasteiger partial charge in [-0.1, -0.05) is 35.5 Å². The SMILES string of the molecule is CC(C)n1ncc2cc(-c3nc(-c4ccc(OCc5ccccc5)cc4)no3)ccc21. The summed E-state index contributed by atoms with van der Waals surface area (Å²) < 4.78 is 13.4. The van der Waals surface area contributed by atoms with Gasteiger partial charge in [0, 0.05) is 22.6 Å². The maximum Gasteiger partial charge on any atom is 0.258 e. The molecule has 0 saturated carbocycles. The van der Waals surface area contributed by atoms with E-state index in [4.69, 9.17) is 9.26 Å². The quantitative estimate of drug-likeness (QED) is 0.348. The average molecular weight is 410 g/mol. The molecule has 0 fully saturated rings. The lowest BCUT2D eigenvalue weighted by Gasteiger charge is -2.06. The van der Waals surface area contributed by atoms with Crippen molar-refractivity contribution in [3.63, 3.8) is 0 Å². The molecule has 154 valence electrons. The zero-order valence-corrected chi connectivity index (χ0v) is 17.4. The topological polar surface area (TPSA) is 66.0 Å². The Morgan fingerprint density at radius 2 is 1.71 bits per heavy atom. The van der Waals surface area contributed by atoms with Crippen LogP contribution in [0.15, 0.2) is 83.5 Å². The van der Waals surface area contributed by atoms with Gasteiger partial charge in [0.05, 0.1) is 11.7 Å². The molecule has 5 aromatic rings. The second-order valence-corrected chi connectivity index (χ2v) is 7.68. The molecule has 0 radical (unpaired) electrons. The molecule has 0 saturated heterocycles. The summed E-state index contributed by atoms with van der Waals surface area (Å²) in [5.41, 5.74) is 3.96. The number of benzene rings is 3. The van der Waals surface area contributed by atoms with Crippen molar-refractivity contribution in [2.24, 2.45) is 0 Å². The summed E-state index contributed by atoms with van der Waals surface area (Å²) in [5, 5.41) is 9.66. The van der Waals surface area contributed by atoms with Crippen molar-refractivity contribution in [1.29, 1.82) is 0 Å². The van der Waals surface area contributed by atoms with Gasteiger partial charge in [-0.3, -0.25) is 4.68 Å². The van der Waals surface area contributed by atoms with E-state index in [9.17, 15) is 0 Å². The van der Waals surface area contributed by atoms with Crippen molar-refractivity contribution in [2.75, 3.05) is 0 Å². The van der Waals surface area contributed by atoms with E-state index in [2.05, 4.69) is 29.1 Å². The maximum absolute atomic E-state index is 5.84. The number of ether oxygens (including phenoxy) is 1. The molecular weight excluding hydrogens is 388 g/mol. The minimum Gasteiger partial charge on any atom is -0.489 e. The standard InChI is InChI=1S/C25H22N4O2/c1-17(2)29-23-13-10-20(14-21(23)15-26-29)25-27-24(28-31-25)19-8-11-22(12-9-19)30-16-18-6-4-3-5-7-18/h3-15,17H,16H2,1-2H3. The lowest BCUT2D eigenvalue weighted by molar-refractivity contribution is 0.306. The molecule has 0 unspecified atom stereocenters. The predicted octanol–water partition coefficient (Wildman–Crippen LogP) is 5.91. The van der Waals surface area contributed by atoms with Crippen LogP contribution in [0.3, 0.4) is 0 Å². The molecule has 5 rings (SSSR count). The van der Waals surface area contributed by atoms with E-state index in [1.165, 1.54) is 0 Å². The number of hydrogen-bond donors (Lipinski definition) is 0.